The van der Waals surface area contributed by atoms with Crippen LogP contribution in [-0.2, 0) is 0 Å². The quantitative estimate of drug-likeness (QED) is 0.524. The molecule has 0 radical (unpaired) electrons. The number of H-pyrrole nitrogens is 1. The molecule has 1 aromatic rings. The van der Waals surface area contributed by atoms with E-state index >= 15 is 0 Å². The molecule has 0 saturated carbocycles. The Morgan fingerprint density at radius 2 is 1.56 bits per heavy atom. The Bertz CT molecular complexity index is 170. The standard InChI is InChI=1S/C4H9NO2Si2/c8-6-3-1-2-4(5-3)7-9/h1-2,5H,8-9H3. The van der Waals surface area contributed by atoms with Crippen LogP contribution in [0.5, 0.6) is 11.8 Å². The molecule has 5 heteroatoms. The van der Waals surface area contributed by atoms with Crippen molar-refractivity contribution >= 4 is 21.0 Å². The van der Waals surface area contributed by atoms with Crippen LogP contribution in [0, 0.1) is 0 Å². The predicted molar refractivity (Wildman–Crippen MR) is 41.9 cm³/mol. The molecule has 50 valence electrons. The van der Waals surface area contributed by atoms with E-state index in [0.717, 1.165) is 11.8 Å². The molecule has 3 nitrogen and oxygen atoms in total. The normalized spacial score (nSPS) is 9.78. The minimum atomic E-state index is 0.717. The first-order valence-corrected chi connectivity index (χ1v) is 4.27. The van der Waals surface area contributed by atoms with Crippen LogP contribution in [0.4, 0.5) is 0 Å². The van der Waals surface area contributed by atoms with Gasteiger partial charge < -0.3 is 8.85 Å². The molecule has 0 bridgehead atoms. The average molecular weight is 159 g/mol. The van der Waals surface area contributed by atoms with Crippen molar-refractivity contribution in [3.8, 4) is 11.8 Å². The molecule has 1 rings (SSSR count). The van der Waals surface area contributed by atoms with Crippen LogP contribution in [0.15, 0.2) is 12.1 Å². The van der Waals surface area contributed by atoms with E-state index < -0.39 is 0 Å². The Morgan fingerprint density at radius 3 is 1.78 bits per heavy atom. The van der Waals surface area contributed by atoms with Gasteiger partial charge in [-0.25, -0.2) is 0 Å². The molecule has 9 heavy (non-hydrogen) atoms. The number of aromatic amines is 1. The molecule has 0 atom stereocenters. The lowest BCUT2D eigenvalue weighted by Gasteiger charge is -1.94. The zero-order chi connectivity index (χ0) is 6.69. The highest BCUT2D eigenvalue weighted by Gasteiger charge is 1.92. The van der Waals surface area contributed by atoms with Crippen LogP contribution in [0.3, 0.4) is 0 Å². The lowest BCUT2D eigenvalue weighted by atomic mass is 10.6. The summed E-state index contributed by atoms with van der Waals surface area (Å²) in [5, 5.41) is 0. The van der Waals surface area contributed by atoms with Gasteiger partial charge in [-0.15, -0.1) is 0 Å². The zero-order valence-electron chi connectivity index (χ0n) is 5.47. The molecule has 0 fully saturated rings. The first kappa shape index (κ1) is 6.43. The van der Waals surface area contributed by atoms with Crippen molar-refractivity contribution in [1.82, 2.24) is 4.98 Å². The third kappa shape index (κ3) is 1.36. The van der Waals surface area contributed by atoms with Crippen LogP contribution in [0.2, 0.25) is 0 Å². The first-order valence-electron chi connectivity index (χ1n) is 2.64. The molecule has 0 amide bonds. The molecule has 1 aromatic heterocycles. The van der Waals surface area contributed by atoms with E-state index in [1.165, 1.54) is 0 Å². The summed E-state index contributed by atoms with van der Waals surface area (Å²) in [7, 11) is 1.43. The van der Waals surface area contributed by atoms with Crippen LogP contribution in [-0.4, -0.2) is 26.0 Å². The van der Waals surface area contributed by atoms with E-state index in [2.05, 4.69) is 4.98 Å². The third-order valence-corrected chi connectivity index (χ3v) is 1.95. The van der Waals surface area contributed by atoms with Crippen LogP contribution in [0.1, 0.15) is 0 Å². The van der Waals surface area contributed by atoms with Gasteiger partial charge in [0.25, 0.3) is 0 Å². The monoisotopic (exact) mass is 159 g/mol. The number of rotatable bonds is 2. The van der Waals surface area contributed by atoms with Crippen molar-refractivity contribution in [3.63, 3.8) is 0 Å². The zero-order valence-corrected chi connectivity index (χ0v) is 9.47. The fourth-order valence-electron chi connectivity index (χ4n) is 0.594. The predicted octanol–water partition coefficient (Wildman–Crippen LogP) is -1.67. The Kier molecular flexibility index (Phi) is 1.96. The Labute approximate surface area is 59.5 Å². The highest BCUT2D eigenvalue weighted by molar-refractivity contribution is 6.00. The molecule has 0 saturated heterocycles. The molecule has 0 aliphatic heterocycles. The van der Waals surface area contributed by atoms with E-state index in [9.17, 15) is 0 Å². The molecular weight excluding hydrogens is 150 g/mol. The maximum atomic E-state index is 5.02. The highest BCUT2D eigenvalue weighted by atomic mass is 28.2. The van der Waals surface area contributed by atoms with Gasteiger partial charge in [-0.2, -0.15) is 0 Å². The summed E-state index contributed by atoms with van der Waals surface area (Å²) in [5.74, 6) is 1.60. The van der Waals surface area contributed by atoms with Gasteiger partial charge >= 0.3 is 0 Å². The summed E-state index contributed by atoms with van der Waals surface area (Å²) >= 11 is 0. The molecule has 1 N–H and O–H groups in total. The van der Waals surface area contributed by atoms with Crippen molar-refractivity contribution in [2.45, 2.75) is 0 Å². The Morgan fingerprint density at radius 1 is 1.11 bits per heavy atom. The van der Waals surface area contributed by atoms with E-state index in [4.69, 9.17) is 8.85 Å². The third-order valence-electron chi connectivity index (χ3n) is 1.07. The van der Waals surface area contributed by atoms with Crippen molar-refractivity contribution in [3.05, 3.63) is 12.1 Å². The number of nitrogens with one attached hydrogen (secondary N) is 1. The van der Waals surface area contributed by atoms with Gasteiger partial charge in [-0.3, -0.25) is 4.98 Å². The average Bonchev–Trinajstić information content (AvgIpc) is 2.34. The lowest BCUT2D eigenvalue weighted by Crippen LogP contribution is -1.86. The second kappa shape index (κ2) is 2.74. The Balaban J connectivity index is 2.74. The highest BCUT2D eigenvalue weighted by Crippen LogP contribution is 2.13. The van der Waals surface area contributed by atoms with Gasteiger partial charge in [-0.1, -0.05) is 0 Å². The van der Waals surface area contributed by atoms with Crippen molar-refractivity contribution < 1.29 is 8.85 Å². The molecule has 0 spiro atoms. The summed E-state index contributed by atoms with van der Waals surface area (Å²) in [6.07, 6.45) is 0. The van der Waals surface area contributed by atoms with E-state index in [-0.39, 0.29) is 0 Å². The first-order chi connectivity index (χ1) is 4.36. The molecule has 0 aliphatic rings. The summed E-state index contributed by atoms with van der Waals surface area (Å²) < 4.78 is 10.0. The molecule has 0 unspecified atom stereocenters. The maximum Gasteiger partial charge on any atom is 0.206 e. The second-order valence-corrected chi connectivity index (χ2v) is 2.41. The topological polar surface area (TPSA) is 34.2 Å². The van der Waals surface area contributed by atoms with E-state index in [0.29, 0.717) is 21.0 Å². The smallest absolute Gasteiger partial charge is 0.206 e. The summed E-state index contributed by atoms with van der Waals surface area (Å²) in [4.78, 5) is 2.94. The molecular formula is C4H9NO2Si2. The van der Waals surface area contributed by atoms with E-state index in [1.54, 1.807) is 0 Å². The molecule has 0 aromatic carbocycles. The van der Waals surface area contributed by atoms with Gasteiger partial charge in [0.05, 0.1) is 0 Å². The number of hydrogen-bond donors (Lipinski definition) is 1. The number of hydrogen-bond acceptors (Lipinski definition) is 2. The second-order valence-electron chi connectivity index (χ2n) is 1.60. The van der Waals surface area contributed by atoms with Gasteiger partial charge in [0.15, 0.2) is 11.8 Å². The fraction of sp³-hybridized carbons (Fsp3) is 0. The van der Waals surface area contributed by atoms with Gasteiger partial charge in [0.1, 0.15) is 0 Å². The molecule has 0 aliphatic carbocycles. The number of aromatic nitrogens is 1. The van der Waals surface area contributed by atoms with Crippen LogP contribution < -0.4 is 8.85 Å². The van der Waals surface area contributed by atoms with Gasteiger partial charge in [0.2, 0.25) is 21.0 Å². The van der Waals surface area contributed by atoms with E-state index in [1.807, 2.05) is 12.1 Å². The minimum absolute atomic E-state index is 0.717. The summed E-state index contributed by atoms with van der Waals surface area (Å²) in [6.45, 7) is 0. The lowest BCUT2D eigenvalue weighted by molar-refractivity contribution is 0.556. The van der Waals surface area contributed by atoms with Crippen LogP contribution in [0.25, 0.3) is 0 Å². The van der Waals surface area contributed by atoms with Crippen molar-refractivity contribution in [2.75, 3.05) is 0 Å². The van der Waals surface area contributed by atoms with Gasteiger partial charge in [0, 0.05) is 12.1 Å². The van der Waals surface area contributed by atoms with Crippen LogP contribution >= 0.6 is 0 Å². The fourth-order valence-corrected chi connectivity index (χ4v) is 1.07. The minimum Gasteiger partial charge on any atom is -0.542 e. The Hall–Kier alpha value is -0.686. The van der Waals surface area contributed by atoms with Gasteiger partial charge in [-0.05, 0) is 0 Å². The maximum absolute atomic E-state index is 5.02. The summed E-state index contributed by atoms with van der Waals surface area (Å²) in [6, 6.07) is 3.72. The largest absolute Gasteiger partial charge is 0.542 e. The van der Waals surface area contributed by atoms with Crippen molar-refractivity contribution in [2.24, 2.45) is 0 Å². The SMILES string of the molecule is [SiH3]Oc1ccc(O[SiH3])[nH]1. The van der Waals surface area contributed by atoms with Crippen molar-refractivity contribution in [1.29, 1.82) is 0 Å². The molecule has 1 heterocycles. The summed E-state index contributed by atoms with van der Waals surface area (Å²) in [5.41, 5.74) is 0.